The number of nitrogens with zero attached hydrogens (tertiary/aromatic N) is 2. The van der Waals surface area contributed by atoms with Gasteiger partial charge < -0.3 is 9.64 Å². The predicted octanol–water partition coefficient (Wildman–Crippen LogP) is 0.821. The van der Waals surface area contributed by atoms with E-state index in [0.717, 1.165) is 26.2 Å². The summed E-state index contributed by atoms with van der Waals surface area (Å²) in [5.41, 5.74) is 0. The number of likely N-dealkylation sites (N-methyl/N-ethyl adjacent to an activating group) is 2. The highest BCUT2D eigenvalue weighted by Crippen LogP contribution is 2.08. The third kappa shape index (κ3) is 3.76. The van der Waals surface area contributed by atoms with Gasteiger partial charge in [-0.25, -0.2) is 0 Å². The van der Waals surface area contributed by atoms with Gasteiger partial charge in [-0.3, -0.25) is 9.69 Å². The lowest BCUT2D eigenvalue weighted by atomic mass is 10.2. The number of carbonyl (C=O) groups is 1. The van der Waals surface area contributed by atoms with Crippen LogP contribution in [0.3, 0.4) is 0 Å². The summed E-state index contributed by atoms with van der Waals surface area (Å²) in [5, 5.41) is 0. The fourth-order valence-corrected chi connectivity index (χ4v) is 2.01. The monoisotopic (exact) mass is 228 g/mol. The van der Waals surface area contributed by atoms with Crippen molar-refractivity contribution in [1.82, 2.24) is 9.80 Å². The summed E-state index contributed by atoms with van der Waals surface area (Å²) in [7, 11) is 1.86. The van der Waals surface area contributed by atoms with Crippen molar-refractivity contribution in [1.29, 1.82) is 0 Å². The van der Waals surface area contributed by atoms with Crippen LogP contribution in [-0.2, 0) is 9.53 Å². The van der Waals surface area contributed by atoms with Gasteiger partial charge in [-0.05, 0) is 6.54 Å². The Hall–Kier alpha value is -0.610. The molecule has 1 aliphatic rings. The zero-order chi connectivity index (χ0) is 12.1. The maximum atomic E-state index is 11.7. The Labute approximate surface area is 98.5 Å². The average Bonchev–Trinajstić information content (AvgIpc) is 2.28. The minimum absolute atomic E-state index is 0.0656. The zero-order valence-electron chi connectivity index (χ0n) is 10.9. The molecule has 1 heterocycles. The molecule has 4 heteroatoms. The van der Waals surface area contributed by atoms with Gasteiger partial charge in [0.1, 0.15) is 0 Å². The number of morpholine rings is 1. The number of hydrogen-bond donors (Lipinski definition) is 0. The molecule has 0 aromatic rings. The molecule has 0 N–H and O–H groups in total. The largest absolute Gasteiger partial charge is 0.374 e. The van der Waals surface area contributed by atoms with Gasteiger partial charge in [-0.2, -0.15) is 0 Å². The van der Waals surface area contributed by atoms with Gasteiger partial charge in [0.05, 0.1) is 12.7 Å². The van der Waals surface area contributed by atoms with E-state index >= 15 is 0 Å². The van der Waals surface area contributed by atoms with Crippen LogP contribution in [0.2, 0.25) is 0 Å². The molecule has 0 saturated carbocycles. The first-order valence-electron chi connectivity index (χ1n) is 6.13. The standard InChI is InChI=1S/C12H24N2O2/c1-5-14-6-7-16-11(9-14)8-13(4)12(15)10(2)3/h10-11H,5-9H2,1-4H3/t11-/m0/s1. The van der Waals surface area contributed by atoms with Crippen molar-refractivity contribution >= 4 is 5.91 Å². The van der Waals surface area contributed by atoms with Gasteiger partial charge in [0, 0.05) is 32.6 Å². The molecule has 1 atom stereocenters. The lowest BCUT2D eigenvalue weighted by Crippen LogP contribution is -2.48. The normalized spacial score (nSPS) is 22.4. The van der Waals surface area contributed by atoms with Crippen LogP contribution in [0.4, 0.5) is 0 Å². The number of ether oxygens (including phenoxy) is 1. The Morgan fingerprint density at radius 3 is 2.81 bits per heavy atom. The number of amides is 1. The van der Waals surface area contributed by atoms with Gasteiger partial charge in [-0.1, -0.05) is 20.8 Å². The molecule has 0 spiro atoms. The Morgan fingerprint density at radius 2 is 2.25 bits per heavy atom. The van der Waals surface area contributed by atoms with Crippen molar-refractivity contribution in [2.24, 2.45) is 5.92 Å². The maximum Gasteiger partial charge on any atom is 0.224 e. The summed E-state index contributed by atoms with van der Waals surface area (Å²) in [6, 6.07) is 0. The maximum absolute atomic E-state index is 11.7. The molecule has 1 saturated heterocycles. The summed E-state index contributed by atoms with van der Waals surface area (Å²) < 4.78 is 5.68. The molecule has 94 valence electrons. The van der Waals surface area contributed by atoms with Crippen molar-refractivity contribution in [3.8, 4) is 0 Å². The first-order valence-corrected chi connectivity index (χ1v) is 6.13. The van der Waals surface area contributed by atoms with E-state index in [4.69, 9.17) is 4.74 Å². The fourth-order valence-electron chi connectivity index (χ4n) is 2.01. The van der Waals surface area contributed by atoms with Crippen LogP contribution in [0, 0.1) is 5.92 Å². The van der Waals surface area contributed by atoms with Gasteiger partial charge in [0.2, 0.25) is 5.91 Å². The van der Waals surface area contributed by atoms with Crippen LogP contribution in [0.5, 0.6) is 0 Å². The quantitative estimate of drug-likeness (QED) is 0.714. The molecule has 1 amide bonds. The molecular weight excluding hydrogens is 204 g/mol. The highest BCUT2D eigenvalue weighted by molar-refractivity contribution is 5.77. The Kier molecular flexibility index (Phi) is 5.22. The van der Waals surface area contributed by atoms with Crippen LogP contribution >= 0.6 is 0 Å². The van der Waals surface area contributed by atoms with Gasteiger partial charge in [0.15, 0.2) is 0 Å². The zero-order valence-corrected chi connectivity index (χ0v) is 10.9. The highest BCUT2D eigenvalue weighted by Gasteiger charge is 2.23. The number of carbonyl (C=O) groups excluding carboxylic acids is 1. The third-order valence-electron chi connectivity index (χ3n) is 3.02. The summed E-state index contributed by atoms with van der Waals surface area (Å²) in [6.45, 7) is 10.5. The van der Waals surface area contributed by atoms with Gasteiger partial charge in [-0.15, -0.1) is 0 Å². The Balaban J connectivity index is 2.38. The third-order valence-corrected chi connectivity index (χ3v) is 3.02. The van der Waals surface area contributed by atoms with Crippen LogP contribution in [0.15, 0.2) is 0 Å². The van der Waals surface area contributed by atoms with Gasteiger partial charge in [0.25, 0.3) is 0 Å². The second kappa shape index (κ2) is 6.21. The molecule has 0 radical (unpaired) electrons. The van der Waals surface area contributed by atoms with Crippen LogP contribution in [-0.4, -0.2) is 61.6 Å². The molecule has 0 bridgehead atoms. The number of hydrogen-bond acceptors (Lipinski definition) is 3. The molecule has 16 heavy (non-hydrogen) atoms. The number of rotatable bonds is 4. The SMILES string of the molecule is CCN1CCO[C@@H](CN(C)C(=O)C(C)C)C1. The smallest absolute Gasteiger partial charge is 0.224 e. The van der Waals surface area contributed by atoms with E-state index in [9.17, 15) is 4.79 Å². The van der Waals surface area contributed by atoms with Crippen molar-refractivity contribution in [2.45, 2.75) is 26.9 Å². The van der Waals surface area contributed by atoms with E-state index in [1.807, 2.05) is 20.9 Å². The second-order valence-electron chi connectivity index (χ2n) is 4.76. The predicted molar refractivity (Wildman–Crippen MR) is 64.3 cm³/mol. The first kappa shape index (κ1) is 13.5. The minimum Gasteiger partial charge on any atom is -0.374 e. The van der Waals surface area contributed by atoms with Gasteiger partial charge >= 0.3 is 0 Å². The van der Waals surface area contributed by atoms with Crippen LogP contribution in [0.1, 0.15) is 20.8 Å². The average molecular weight is 228 g/mol. The molecule has 0 unspecified atom stereocenters. The van der Waals surface area contributed by atoms with E-state index in [-0.39, 0.29) is 17.9 Å². The van der Waals surface area contributed by atoms with Crippen molar-refractivity contribution in [3.05, 3.63) is 0 Å². The lowest BCUT2D eigenvalue weighted by Gasteiger charge is -2.34. The lowest BCUT2D eigenvalue weighted by molar-refractivity contribution is -0.136. The van der Waals surface area contributed by atoms with E-state index in [0.29, 0.717) is 6.54 Å². The molecule has 1 fully saturated rings. The molecule has 0 aromatic heterocycles. The Morgan fingerprint density at radius 1 is 1.56 bits per heavy atom. The molecule has 1 aliphatic heterocycles. The topological polar surface area (TPSA) is 32.8 Å². The van der Waals surface area contributed by atoms with Crippen molar-refractivity contribution < 1.29 is 9.53 Å². The van der Waals surface area contributed by atoms with E-state index in [1.165, 1.54) is 0 Å². The van der Waals surface area contributed by atoms with E-state index in [2.05, 4.69) is 11.8 Å². The summed E-state index contributed by atoms with van der Waals surface area (Å²) in [5.74, 6) is 0.257. The molecule has 4 nitrogen and oxygen atoms in total. The summed E-state index contributed by atoms with van der Waals surface area (Å²) in [6.07, 6.45) is 0.168. The highest BCUT2D eigenvalue weighted by atomic mass is 16.5. The van der Waals surface area contributed by atoms with Crippen molar-refractivity contribution in [3.63, 3.8) is 0 Å². The minimum atomic E-state index is 0.0656. The summed E-state index contributed by atoms with van der Waals surface area (Å²) in [4.78, 5) is 15.9. The molecule has 1 rings (SSSR count). The first-order chi connectivity index (χ1) is 7.54. The Bertz CT molecular complexity index is 231. The fraction of sp³-hybridized carbons (Fsp3) is 0.917. The van der Waals surface area contributed by atoms with Crippen molar-refractivity contribution in [2.75, 3.05) is 39.8 Å². The molecular formula is C12H24N2O2. The van der Waals surface area contributed by atoms with E-state index in [1.54, 1.807) is 4.90 Å². The van der Waals surface area contributed by atoms with E-state index < -0.39 is 0 Å². The van der Waals surface area contributed by atoms with Crippen LogP contribution < -0.4 is 0 Å². The molecule has 0 aromatic carbocycles. The summed E-state index contributed by atoms with van der Waals surface area (Å²) >= 11 is 0. The molecule has 0 aliphatic carbocycles. The van der Waals surface area contributed by atoms with Crippen LogP contribution in [0.25, 0.3) is 0 Å². The second-order valence-corrected chi connectivity index (χ2v) is 4.76.